The van der Waals surface area contributed by atoms with Crippen LogP contribution in [0.2, 0.25) is 0 Å². The van der Waals surface area contributed by atoms with E-state index in [2.05, 4.69) is 30.9 Å². The quantitative estimate of drug-likeness (QED) is 0.803. The van der Waals surface area contributed by atoms with E-state index >= 15 is 0 Å². The van der Waals surface area contributed by atoms with Gasteiger partial charge in [-0.15, -0.1) is 0 Å². The van der Waals surface area contributed by atoms with E-state index in [0.29, 0.717) is 5.92 Å². The van der Waals surface area contributed by atoms with Crippen LogP contribution in [0.4, 0.5) is 0 Å². The molecule has 0 fully saturated rings. The molecule has 0 radical (unpaired) electrons. The van der Waals surface area contributed by atoms with Crippen LogP contribution in [0, 0.1) is 11.3 Å². The van der Waals surface area contributed by atoms with Crippen LogP contribution in [-0.2, 0) is 13.0 Å². The molecule has 0 spiro atoms. The highest BCUT2D eigenvalue weighted by Gasteiger charge is 2.29. The second-order valence-corrected chi connectivity index (χ2v) is 4.64. The monoisotopic (exact) mass is 211 g/mol. The zero-order valence-corrected chi connectivity index (χ0v) is 10.1. The van der Waals surface area contributed by atoms with Crippen LogP contribution in [0.3, 0.4) is 0 Å². The van der Waals surface area contributed by atoms with Crippen molar-refractivity contribution in [3.05, 3.63) is 12.2 Å². The Morgan fingerprint density at radius 3 is 2.67 bits per heavy atom. The molecule has 1 rings (SSSR count). The Hall–Kier alpha value is -0.900. The largest absolute Gasteiger partial charge is 0.396 e. The molecule has 0 saturated carbocycles. The van der Waals surface area contributed by atoms with Crippen molar-refractivity contribution in [2.24, 2.45) is 11.3 Å². The summed E-state index contributed by atoms with van der Waals surface area (Å²) in [6.07, 6.45) is 2.35. The summed E-state index contributed by atoms with van der Waals surface area (Å²) in [5, 5.41) is 13.6. The Morgan fingerprint density at radius 1 is 1.53 bits per heavy atom. The molecule has 0 amide bonds. The first-order valence-corrected chi connectivity index (χ1v) is 5.51. The average molecular weight is 211 g/mol. The van der Waals surface area contributed by atoms with Gasteiger partial charge in [0.25, 0.3) is 0 Å². The maximum Gasteiger partial charge on any atom is 0.138 e. The molecule has 86 valence electrons. The average Bonchev–Trinajstić information content (AvgIpc) is 2.64. The fraction of sp³-hybridized carbons (Fsp3) is 0.818. The van der Waals surface area contributed by atoms with Crippen molar-refractivity contribution in [3.8, 4) is 0 Å². The number of aromatic nitrogens is 3. The highest BCUT2D eigenvalue weighted by molar-refractivity contribution is 4.93. The van der Waals surface area contributed by atoms with Gasteiger partial charge in [-0.25, -0.2) is 4.98 Å². The van der Waals surface area contributed by atoms with E-state index in [1.807, 2.05) is 11.6 Å². The predicted molar refractivity (Wildman–Crippen MR) is 59.4 cm³/mol. The summed E-state index contributed by atoms with van der Waals surface area (Å²) in [6, 6.07) is 0. The van der Waals surface area contributed by atoms with Crippen molar-refractivity contribution in [1.82, 2.24) is 14.8 Å². The molecule has 0 aliphatic rings. The minimum absolute atomic E-state index is 0.111. The molecule has 15 heavy (non-hydrogen) atoms. The van der Waals surface area contributed by atoms with Gasteiger partial charge in [0, 0.05) is 19.6 Å². The highest BCUT2D eigenvalue weighted by Crippen LogP contribution is 2.29. The summed E-state index contributed by atoms with van der Waals surface area (Å²) < 4.78 is 1.89. The molecule has 1 atom stereocenters. The third kappa shape index (κ3) is 2.56. The lowest BCUT2D eigenvalue weighted by molar-refractivity contribution is 0.0914. The van der Waals surface area contributed by atoms with E-state index in [-0.39, 0.29) is 12.0 Å². The van der Waals surface area contributed by atoms with E-state index in [1.54, 1.807) is 6.33 Å². The Balaban J connectivity index is 2.83. The van der Waals surface area contributed by atoms with Crippen LogP contribution in [0.25, 0.3) is 0 Å². The van der Waals surface area contributed by atoms with E-state index < -0.39 is 0 Å². The molecular formula is C11H21N3O. The first-order chi connectivity index (χ1) is 7.03. The van der Waals surface area contributed by atoms with Crippen molar-refractivity contribution in [2.45, 2.75) is 40.7 Å². The highest BCUT2D eigenvalue weighted by atomic mass is 16.3. The number of aryl methyl sites for hydroxylation is 1. The van der Waals surface area contributed by atoms with Crippen molar-refractivity contribution in [3.63, 3.8) is 0 Å². The van der Waals surface area contributed by atoms with Gasteiger partial charge >= 0.3 is 0 Å². The fourth-order valence-corrected chi connectivity index (χ4v) is 1.49. The second-order valence-electron chi connectivity index (χ2n) is 4.64. The van der Waals surface area contributed by atoms with E-state index in [0.717, 1.165) is 18.8 Å². The molecule has 4 nitrogen and oxygen atoms in total. The van der Waals surface area contributed by atoms with Crippen molar-refractivity contribution in [1.29, 1.82) is 0 Å². The van der Waals surface area contributed by atoms with E-state index in [4.69, 9.17) is 0 Å². The molecule has 0 bridgehead atoms. The van der Waals surface area contributed by atoms with Crippen molar-refractivity contribution in [2.75, 3.05) is 6.61 Å². The normalized spacial score (nSPS) is 15.6. The Morgan fingerprint density at radius 2 is 2.20 bits per heavy atom. The number of rotatable bonds is 5. The van der Waals surface area contributed by atoms with Crippen LogP contribution < -0.4 is 0 Å². The zero-order valence-electron chi connectivity index (χ0n) is 10.1. The van der Waals surface area contributed by atoms with Crippen LogP contribution in [0.15, 0.2) is 6.33 Å². The van der Waals surface area contributed by atoms with Gasteiger partial charge < -0.3 is 5.11 Å². The second kappa shape index (κ2) is 4.75. The standard InChI is InChI=1S/C11H21N3O/c1-5-14-10(12-8-13-14)6-11(4,7-15)9(2)3/h8-9,15H,5-7H2,1-4H3. The maximum atomic E-state index is 9.46. The SMILES string of the molecule is CCn1ncnc1CC(C)(CO)C(C)C. The van der Waals surface area contributed by atoms with Crippen LogP contribution >= 0.6 is 0 Å². The summed E-state index contributed by atoms with van der Waals surface area (Å²) >= 11 is 0. The molecule has 1 heterocycles. The summed E-state index contributed by atoms with van der Waals surface area (Å²) in [6.45, 7) is 9.40. The third-order valence-electron chi connectivity index (χ3n) is 3.31. The van der Waals surface area contributed by atoms with Gasteiger partial charge in [0.15, 0.2) is 0 Å². The zero-order chi connectivity index (χ0) is 11.5. The van der Waals surface area contributed by atoms with Gasteiger partial charge in [-0.2, -0.15) is 5.10 Å². The molecule has 1 aromatic heterocycles. The van der Waals surface area contributed by atoms with Gasteiger partial charge in [-0.05, 0) is 18.3 Å². The molecule has 0 aromatic carbocycles. The van der Waals surface area contributed by atoms with Crippen LogP contribution in [-0.4, -0.2) is 26.5 Å². The molecule has 1 N–H and O–H groups in total. The number of aliphatic hydroxyl groups is 1. The maximum absolute atomic E-state index is 9.46. The summed E-state index contributed by atoms with van der Waals surface area (Å²) in [4.78, 5) is 4.24. The summed E-state index contributed by atoms with van der Waals surface area (Å²) in [5.74, 6) is 1.38. The molecule has 4 heteroatoms. The Kier molecular flexibility index (Phi) is 3.85. The van der Waals surface area contributed by atoms with Gasteiger partial charge in [0.05, 0.1) is 0 Å². The molecule has 0 saturated heterocycles. The summed E-state index contributed by atoms with van der Waals surface area (Å²) in [7, 11) is 0. The van der Waals surface area contributed by atoms with Crippen LogP contribution in [0.5, 0.6) is 0 Å². The molecular weight excluding hydrogens is 190 g/mol. The lowest BCUT2D eigenvalue weighted by Gasteiger charge is -2.31. The number of nitrogens with zero attached hydrogens (tertiary/aromatic N) is 3. The van der Waals surface area contributed by atoms with Gasteiger partial charge in [-0.3, -0.25) is 4.68 Å². The van der Waals surface area contributed by atoms with Crippen molar-refractivity contribution >= 4 is 0 Å². The Bertz CT molecular complexity index is 309. The first kappa shape index (κ1) is 12.2. The number of aliphatic hydroxyl groups excluding tert-OH is 1. The van der Waals surface area contributed by atoms with Gasteiger partial charge in [-0.1, -0.05) is 20.8 Å². The van der Waals surface area contributed by atoms with Crippen molar-refractivity contribution < 1.29 is 5.11 Å². The van der Waals surface area contributed by atoms with Gasteiger partial charge in [0.2, 0.25) is 0 Å². The van der Waals surface area contributed by atoms with E-state index in [1.165, 1.54) is 0 Å². The molecule has 0 aliphatic heterocycles. The number of hydrogen-bond donors (Lipinski definition) is 1. The fourth-order valence-electron chi connectivity index (χ4n) is 1.49. The Labute approximate surface area is 91.3 Å². The lowest BCUT2D eigenvalue weighted by Crippen LogP contribution is -2.31. The molecule has 0 aliphatic carbocycles. The van der Waals surface area contributed by atoms with Crippen LogP contribution in [0.1, 0.15) is 33.5 Å². The summed E-state index contributed by atoms with van der Waals surface area (Å²) in [5.41, 5.74) is -0.111. The lowest BCUT2D eigenvalue weighted by atomic mass is 9.77. The molecule has 1 aromatic rings. The predicted octanol–water partition coefficient (Wildman–Crippen LogP) is 1.50. The van der Waals surface area contributed by atoms with E-state index in [9.17, 15) is 5.11 Å². The topological polar surface area (TPSA) is 50.9 Å². The molecule has 1 unspecified atom stereocenters. The third-order valence-corrected chi connectivity index (χ3v) is 3.31. The minimum Gasteiger partial charge on any atom is -0.396 e. The minimum atomic E-state index is -0.111. The first-order valence-electron chi connectivity index (χ1n) is 5.51. The smallest absolute Gasteiger partial charge is 0.138 e. The van der Waals surface area contributed by atoms with Gasteiger partial charge in [0.1, 0.15) is 12.2 Å². The number of hydrogen-bond acceptors (Lipinski definition) is 3.